The molecule has 0 radical (unpaired) electrons. The van der Waals surface area contributed by atoms with Crippen LogP contribution in [0, 0.1) is 0 Å². The Morgan fingerprint density at radius 3 is 2.92 bits per heavy atom. The van der Waals surface area contributed by atoms with Crippen molar-refractivity contribution in [3.05, 3.63) is 24.2 Å². The highest BCUT2D eigenvalue weighted by molar-refractivity contribution is 5.04. The summed E-state index contributed by atoms with van der Waals surface area (Å²) in [5, 5.41) is 3.52. The van der Waals surface area contributed by atoms with Gasteiger partial charge in [-0.3, -0.25) is 0 Å². The molecule has 2 rings (SSSR count). The van der Waals surface area contributed by atoms with E-state index in [1.54, 1.807) is 6.26 Å². The first-order valence-electron chi connectivity index (χ1n) is 4.69. The SMILES string of the molecule is c1cc(CNC2CCCC2)co1. The normalized spacial score (nSPS) is 18.7. The van der Waals surface area contributed by atoms with Crippen molar-refractivity contribution in [3.63, 3.8) is 0 Å². The highest BCUT2D eigenvalue weighted by Gasteiger charge is 2.13. The molecule has 66 valence electrons. The number of rotatable bonds is 3. The quantitative estimate of drug-likeness (QED) is 0.743. The van der Waals surface area contributed by atoms with Crippen molar-refractivity contribution in [1.29, 1.82) is 0 Å². The fourth-order valence-corrected chi connectivity index (χ4v) is 1.79. The largest absolute Gasteiger partial charge is 0.472 e. The van der Waals surface area contributed by atoms with Gasteiger partial charge in [-0.2, -0.15) is 0 Å². The van der Waals surface area contributed by atoms with E-state index in [0.29, 0.717) is 0 Å². The van der Waals surface area contributed by atoms with Gasteiger partial charge in [-0.05, 0) is 18.9 Å². The van der Waals surface area contributed by atoms with Crippen LogP contribution in [0.5, 0.6) is 0 Å². The molecule has 0 bridgehead atoms. The standard InChI is InChI=1S/C10H15NO/c1-2-4-10(3-1)11-7-9-5-6-12-8-9/h5-6,8,10-11H,1-4,7H2. The van der Waals surface area contributed by atoms with E-state index < -0.39 is 0 Å². The lowest BCUT2D eigenvalue weighted by Gasteiger charge is -2.09. The van der Waals surface area contributed by atoms with Crippen LogP contribution in [0.2, 0.25) is 0 Å². The van der Waals surface area contributed by atoms with Crippen molar-refractivity contribution in [2.24, 2.45) is 0 Å². The zero-order chi connectivity index (χ0) is 8.23. The summed E-state index contributed by atoms with van der Waals surface area (Å²) >= 11 is 0. The zero-order valence-corrected chi connectivity index (χ0v) is 7.25. The molecule has 0 unspecified atom stereocenters. The van der Waals surface area contributed by atoms with E-state index in [0.717, 1.165) is 12.6 Å². The predicted molar refractivity (Wildman–Crippen MR) is 47.8 cm³/mol. The molecule has 1 aliphatic carbocycles. The van der Waals surface area contributed by atoms with Crippen LogP contribution in [-0.2, 0) is 6.54 Å². The second kappa shape index (κ2) is 3.76. The van der Waals surface area contributed by atoms with Crippen molar-refractivity contribution >= 4 is 0 Å². The van der Waals surface area contributed by atoms with Gasteiger partial charge in [0.2, 0.25) is 0 Å². The lowest BCUT2D eigenvalue weighted by molar-refractivity contribution is 0.516. The van der Waals surface area contributed by atoms with E-state index in [-0.39, 0.29) is 0 Å². The van der Waals surface area contributed by atoms with Gasteiger partial charge < -0.3 is 9.73 Å². The first-order valence-corrected chi connectivity index (χ1v) is 4.69. The topological polar surface area (TPSA) is 25.2 Å². The van der Waals surface area contributed by atoms with Gasteiger partial charge in [0, 0.05) is 18.2 Å². The third kappa shape index (κ3) is 1.89. The maximum atomic E-state index is 4.99. The molecule has 0 atom stereocenters. The maximum Gasteiger partial charge on any atom is 0.0947 e. The minimum atomic E-state index is 0.750. The molecule has 1 aliphatic rings. The molecule has 0 aliphatic heterocycles. The Kier molecular flexibility index (Phi) is 2.47. The van der Waals surface area contributed by atoms with Gasteiger partial charge in [-0.25, -0.2) is 0 Å². The van der Waals surface area contributed by atoms with Crippen molar-refractivity contribution in [1.82, 2.24) is 5.32 Å². The van der Waals surface area contributed by atoms with Crippen molar-refractivity contribution in [2.75, 3.05) is 0 Å². The van der Waals surface area contributed by atoms with Crippen LogP contribution in [0.4, 0.5) is 0 Å². The Morgan fingerprint density at radius 1 is 1.42 bits per heavy atom. The van der Waals surface area contributed by atoms with Gasteiger partial charge in [-0.15, -0.1) is 0 Å². The predicted octanol–water partition coefficient (Wildman–Crippen LogP) is 2.31. The van der Waals surface area contributed by atoms with E-state index in [1.807, 2.05) is 12.3 Å². The lowest BCUT2D eigenvalue weighted by Crippen LogP contribution is -2.24. The number of nitrogens with one attached hydrogen (secondary N) is 1. The molecular formula is C10H15NO. The summed E-state index contributed by atoms with van der Waals surface area (Å²) in [7, 11) is 0. The molecule has 0 spiro atoms. The maximum absolute atomic E-state index is 4.99. The van der Waals surface area contributed by atoms with Crippen LogP contribution >= 0.6 is 0 Å². The molecule has 1 aromatic rings. The van der Waals surface area contributed by atoms with E-state index in [9.17, 15) is 0 Å². The Labute approximate surface area is 73.0 Å². The Morgan fingerprint density at radius 2 is 2.25 bits per heavy atom. The third-order valence-corrected chi connectivity index (χ3v) is 2.53. The molecule has 12 heavy (non-hydrogen) atoms. The summed E-state index contributed by atoms with van der Waals surface area (Å²) < 4.78 is 4.99. The lowest BCUT2D eigenvalue weighted by atomic mass is 10.2. The van der Waals surface area contributed by atoms with Crippen molar-refractivity contribution < 1.29 is 4.42 Å². The average molecular weight is 165 g/mol. The summed E-state index contributed by atoms with van der Waals surface area (Å²) in [5.41, 5.74) is 1.25. The first kappa shape index (κ1) is 7.87. The summed E-state index contributed by atoms with van der Waals surface area (Å²) in [5.74, 6) is 0. The average Bonchev–Trinajstić information content (AvgIpc) is 2.74. The third-order valence-electron chi connectivity index (χ3n) is 2.53. The molecule has 1 N–H and O–H groups in total. The van der Waals surface area contributed by atoms with Gasteiger partial charge in [0.25, 0.3) is 0 Å². The Balaban J connectivity index is 1.74. The molecule has 1 fully saturated rings. The number of furan rings is 1. The Bertz CT molecular complexity index is 212. The summed E-state index contributed by atoms with van der Waals surface area (Å²) in [4.78, 5) is 0. The summed E-state index contributed by atoms with van der Waals surface area (Å²) in [6, 6.07) is 2.77. The molecule has 2 heteroatoms. The fourth-order valence-electron chi connectivity index (χ4n) is 1.79. The molecule has 1 saturated carbocycles. The highest BCUT2D eigenvalue weighted by Crippen LogP contribution is 2.17. The van der Waals surface area contributed by atoms with Crippen LogP contribution in [0.15, 0.2) is 23.0 Å². The van der Waals surface area contributed by atoms with E-state index in [2.05, 4.69) is 5.32 Å². The first-order chi connectivity index (χ1) is 5.95. The molecule has 1 heterocycles. The van der Waals surface area contributed by atoms with E-state index in [1.165, 1.54) is 31.2 Å². The summed E-state index contributed by atoms with van der Waals surface area (Å²) in [6.07, 6.45) is 9.01. The molecular weight excluding hydrogens is 150 g/mol. The number of hydrogen-bond acceptors (Lipinski definition) is 2. The zero-order valence-electron chi connectivity index (χ0n) is 7.25. The second-order valence-electron chi connectivity index (χ2n) is 3.49. The molecule has 2 nitrogen and oxygen atoms in total. The van der Waals surface area contributed by atoms with Crippen LogP contribution < -0.4 is 5.32 Å². The minimum Gasteiger partial charge on any atom is -0.472 e. The van der Waals surface area contributed by atoms with Crippen LogP contribution in [-0.4, -0.2) is 6.04 Å². The van der Waals surface area contributed by atoms with Gasteiger partial charge in [0.1, 0.15) is 0 Å². The second-order valence-corrected chi connectivity index (χ2v) is 3.49. The van der Waals surface area contributed by atoms with Crippen LogP contribution in [0.25, 0.3) is 0 Å². The highest BCUT2D eigenvalue weighted by atomic mass is 16.3. The molecule has 0 aromatic carbocycles. The monoisotopic (exact) mass is 165 g/mol. The molecule has 0 amide bonds. The Hall–Kier alpha value is -0.760. The number of hydrogen-bond donors (Lipinski definition) is 1. The van der Waals surface area contributed by atoms with E-state index in [4.69, 9.17) is 4.42 Å². The minimum absolute atomic E-state index is 0.750. The molecule has 1 aromatic heterocycles. The van der Waals surface area contributed by atoms with Crippen LogP contribution in [0.1, 0.15) is 31.2 Å². The van der Waals surface area contributed by atoms with Gasteiger partial charge in [0.05, 0.1) is 12.5 Å². The van der Waals surface area contributed by atoms with Crippen molar-refractivity contribution in [3.8, 4) is 0 Å². The molecule has 0 saturated heterocycles. The fraction of sp³-hybridized carbons (Fsp3) is 0.600. The van der Waals surface area contributed by atoms with E-state index >= 15 is 0 Å². The van der Waals surface area contributed by atoms with Gasteiger partial charge in [-0.1, -0.05) is 12.8 Å². The van der Waals surface area contributed by atoms with Crippen molar-refractivity contribution in [2.45, 2.75) is 38.3 Å². The van der Waals surface area contributed by atoms with Crippen LogP contribution in [0.3, 0.4) is 0 Å². The van der Waals surface area contributed by atoms with Gasteiger partial charge in [0.15, 0.2) is 0 Å². The smallest absolute Gasteiger partial charge is 0.0947 e. The summed E-state index contributed by atoms with van der Waals surface area (Å²) in [6.45, 7) is 0.959. The van der Waals surface area contributed by atoms with Gasteiger partial charge >= 0.3 is 0 Å².